The van der Waals surface area contributed by atoms with E-state index in [1.807, 2.05) is 22.6 Å². The maximum Gasteiger partial charge on any atom is 0.573 e. The van der Waals surface area contributed by atoms with Crippen LogP contribution in [-0.4, -0.2) is 32.5 Å². The zero-order valence-corrected chi connectivity index (χ0v) is 16.2. The van der Waals surface area contributed by atoms with E-state index in [0.29, 0.717) is 3.57 Å². The predicted octanol–water partition coefficient (Wildman–Crippen LogP) is 3.68. The van der Waals surface area contributed by atoms with Crippen molar-refractivity contribution in [2.45, 2.75) is 6.36 Å². The number of halogens is 4. The molecule has 1 aromatic carbocycles. The molecule has 0 atom stereocenters. The summed E-state index contributed by atoms with van der Waals surface area (Å²) in [6, 6.07) is 4.01. The monoisotopic (exact) mass is 495 g/mol. The molecule has 1 aliphatic heterocycles. The van der Waals surface area contributed by atoms with Crippen molar-refractivity contribution < 1.29 is 37.0 Å². The summed E-state index contributed by atoms with van der Waals surface area (Å²) in [7, 11) is 2.20. The molecule has 0 fully saturated rings. The van der Waals surface area contributed by atoms with Gasteiger partial charge in [-0.15, -0.1) is 13.2 Å². The van der Waals surface area contributed by atoms with Gasteiger partial charge >= 0.3 is 18.3 Å². The molecule has 10 heteroatoms. The van der Waals surface area contributed by atoms with Gasteiger partial charge in [0.2, 0.25) is 0 Å². The third kappa shape index (κ3) is 5.02. The second-order valence-corrected chi connectivity index (χ2v) is 6.22. The van der Waals surface area contributed by atoms with Gasteiger partial charge in [-0.05, 0) is 52.9 Å². The highest BCUT2D eigenvalue weighted by Crippen LogP contribution is 2.37. The van der Waals surface area contributed by atoms with Gasteiger partial charge in [0, 0.05) is 9.77 Å². The van der Waals surface area contributed by atoms with Crippen LogP contribution in [0.15, 0.2) is 53.9 Å². The Morgan fingerprint density at radius 2 is 1.74 bits per heavy atom. The maximum atomic E-state index is 12.8. The van der Waals surface area contributed by atoms with Crippen LogP contribution in [0.2, 0.25) is 0 Å². The number of alkyl halides is 3. The van der Waals surface area contributed by atoms with E-state index in [1.165, 1.54) is 36.6 Å². The molecule has 1 aliphatic rings. The Hall–Kier alpha value is -2.50. The van der Waals surface area contributed by atoms with Crippen LogP contribution in [0, 0.1) is 3.57 Å². The fourth-order valence-electron chi connectivity index (χ4n) is 2.24. The third-order valence-electron chi connectivity index (χ3n) is 3.30. The second-order valence-electron chi connectivity index (χ2n) is 4.98. The van der Waals surface area contributed by atoms with Crippen molar-refractivity contribution >= 4 is 40.2 Å². The van der Waals surface area contributed by atoms with Crippen molar-refractivity contribution in [3.05, 3.63) is 57.5 Å². The molecule has 0 N–H and O–H groups in total. The molecule has 0 bridgehead atoms. The van der Waals surface area contributed by atoms with E-state index in [-0.39, 0.29) is 17.0 Å². The molecule has 0 aromatic heterocycles. The van der Waals surface area contributed by atoms with Crippen LogP contribution in [0.3, 0.4) is 0 Å². The first-order valence-corrected chi connectivity index (χ1v) is 8.36. The molecular formula is C17H13F3INO5. The van der Waals surface area contributed by atoms with Crippen molar-refractivity contribution in [1.29, 1.82) is 0 Å². The van der Waals surface area contributed by atoms with Gasteiger partial charge in [0.15, 0.2) is 5.75 Å². The lowest BCUT2D eigenvalue weighted by atomic mass is 10.1. The number of carbonyl (C=O) groups excluding carboxylic acids is 2. The fourth-order valence-corrected chi connectivity index (χ4v) is 2.71. The number of ether oxygens (including phenoxy) is 3. The van der Waals surface area contributed by atoms with E-state index in [0.717, 1.165) is 25.2 Å². The number of methoxy groups -OCH3 is 2. The van der Waals surface area contributed by atoms with Crippen LogP contribution < -0.4 is 9.64 Å². The average Bonchev–Trinajstić information content (AvgIpc) is 2.82. The van der Waals surface area contributed by atoms with E-state index < -0.39 is 24.1 Å². The highest BCUT2D eigenvalue weighted by molar-refractivity contribution is 14.1. The first kappa shape index (κ1) is 20.8. The molecule has 0 unspecified atom stereocenters. The van der Waals surface area contributed by atoms with Crippen molar-refractivity contribution in [2.75, 3.05) is 19.1 Å². The van der Waals surface area contributed by atoms with Gasteiger partial charge in [-0.1, -0.05) is 6.08 Å². The van der Waals surface area contributed by atoms with E-state index in [2.05, 4.69) is 9.47 Å². The van der Waals surface area contributed by atoms with Crippen molar-refractivity contribution in [3.63, 3.8) is 0 Å². The number of anilines is 1. The predicted molar refractivity (Wildman–Crippen MR) is 97.7 cm³/mol. The minimum absolute atomic E-state index is 0.116. The Balaban J connectivity index is 2.71. The van der Waals surface area contributed by atoms with Crippen LogP contribution in [0.5, 0.6) is 5.75 Å². The van der Waals surface area contributed by atoms with Gasteiger partial charge in [-0.3, -0.25) is 0 Å². The van der Waals surface area contributed by atoms with E-state index in [9.17, 15) is 22.8 Å². The SMILES string of the molecule is COC(=O)C1=C(C(=O)OC)N(c2ccc(I)cc2OC(F)(F)F)C=CC=C1. The minimum atomic E-state index is -4.95. The molecule has 144 valence electrons. The Morgan fingerprint density at radius 3 is 2.33 bits per heavy atom. The van der Waals surface area contributed by atoms with Gasteiger partial charge < -0.3 is 19.1 Å². The second kappa shape index (κ2) is 8.46. The smallest absolute Gasteiger partial charge is 0.465 e. The Bertz CT molecular complexity index is 845. The summed E-state index contributed by atoms with van der Waals surface area (Å²) in [6.45, 7) is 0. The molecule has 1 heterocycles. The van der Waals surface area contributed by atoms with Crippen molar-refractivity contribution in [3.8, 4) is 5.75 Å². The summed E-state index contributed by atoms with van der Waals surface area (Å²) in [5, 5.41) is 0. The Labute approximate surface area is 166 Å². The first-order valence-electron chi connectivity index (χ1n) is 7.28. The number of allylic oxidation sites excluding steroid dienone is 2. The largest absolute Gasteiger partial charge is 0.573 e. The topological polar surface area (TPSA) is 65.1 Å². The first-order chi connectivity index (χ1) is 12.7. The summed E-state index contributed by atoms with van der Waals surface area (Å²) < 4.78 is 52.4. The normalized spacial score (nSPS) is 14.1. The third-order valence-corrected chi connectivity index (χ3v) is 3.97. The lowest BCUT2D eigenvalue weighted by Crippen LogP contribution is -2.28. The molecule has 0 saturated heterocycles. The summed E-state index contributed by atoms with van der Waals surface area (Å²) in [6.07, 6.45) is 0.531. The van der Waals surface area contributed by atoms with E-state index >= 15 is 0 Å². The molecule has 0 aliphatic carbocycles. The summed E-state index contributed by atoms with van der Waals surface area (Å²) in [5.41, 5.74) is -0.622. The highest BCUT2D eigenvalue weighted by Gasteiger charge is 2.35. The number of rotatable bonds is 4. The molecular weight excluding hydrogens is 482 g/mol. The fraction of sp³-hybridized carbons (Fsp3) is 0.176. The molecule has 2 rings (SSSR count). The van der Waals surface area contributed by atoms with Gasteiger partial charge in [-0.25, -0.2) is 9.59 Å². The van der Waals surface area contributed by atoms with Gasteiger partial charge in [0.25, 0.3) is 0 Å². The summed E-state index contributed by atoms with van der Waals surface area (Å²) in [5.74, 6) is -2.35. The number of carbonyl (C=O) groups is 2. The van der Waals surface area contributed by atoms with Crippen LogP contribution in [0.25, 0.3) is 0 Å². The summed E-state index contributed by atoms with van der Waals surface area (Å²) >= 11 is 1.82. The quantitative estimate of drug-likeness (QED) is 0.470. The minimum Gasteiger partial charge on any atom is -0.465 e. The van der Waals surface area contributed by atoms with Crippen molar-refractivity contribution in [1.82, 2.24) is 0 Å². The number of esters is 2. The molecule has 27 heavy (non-hydrogen) atoms. The lowest BCUT2D eigenvalue weighted by molar-refractivity contribution is -0.274. The number of hydrogen-bond donors (Lipinski definition) is 0. The average molecular weight is 495 g/mol. The Kier molecular flexibility index (Phi) is 6.52. The van der Waals surface area contributed by atoms with Gasteiger partial charge in [-0.2, -0.15) is 0 Å². The van der Waals surface area contributed by atoms with Crippen LogP contribution >= 0.6 is 22.6 Å². The van der Waals surface area contributed by atoms with E-state index in [4.69, 9.17) is 4.74 Å². The van der Waals surface area contributed by atoms with Crippen LogP contribution in [-0.2, 0) is 19.1 Å². The van der Waals surface area contributed by atoms with Crippen molar-refractivity contribution in [2.24, 2.45) is 0 Å². The van der Waals surface area contributed by atoms with Gasteiger partial charge in [0.1, 0.15) is 5.70 Å². The van der Waals surface area contributed by atoms with Gasteiger partial charge in [0.05, 0.1) is 25.5 Å². The Morgan fingerprint density at radius 1 is 1.07 bits per heavy atom. The highest BCUT2D eigenvalue weighted by atomic mass is 127. The molecule has 0 saturated carbocycles. The zero-order valence-electron chi connectivity index (χ0n) is 14.0. The molecule has 1 aromatic rings. The molecule has 0 spiro atoms. The number of nitrogens with zero attached hydrogens (tertiary/aromatic N) is 1. The van der Waals surface area contributed by atoms with Crippen LogP contribution in [0.1, 0.15) is 0 Å². The molecule has 6 nitrogen and oxygen atoms in total. The zero-order chi connectivity index (χ0) is 20.2. The number of benzene rings is 1. The summed E-state index contributed by atoms with van der Waals surface area (Å²) in [4.78, 5) is 25.5. The lowest BCUT2D eigenvalue weighted by Gasteiger charge is -2.25. The number of hydrogen-bond acceptors (Lipinski definition) is 6. The molecule has 0 radical (unpaired) electrons. The van der Waals surface area contributed by atoms with E-state index in [1.54, 1.807) is 0 Å². The van der Waals surface area contributed by atoms with Crippen LogP contribution in [0.4, 0.5) is 18.9 Å². The maximum absolute atomic E-state index is 12.8. The molecule has 0 amide bonds. The standard InChI is InChI=1S/C17H13F3INO5/c1-25-15(23)11-5-3-4-8-22(14(11)16(24)26-2)12-7-6-10(21)9-13(12)27-17(18,19)20/h3-9H,1-2H3.